The largest absolute Gasteiger partial charge is 0.145 e. The monoisotopic (exact) mass is 412 g/mol. The molecule has 0 spiro atoms. The Morgan fingerprint density at radius 2 is 1.23 bits per heavy atom. The van der Waals surface area contributed by atoms with Gasteiger partial charge in [-0.15, -0.1) is 9.81 Å². The van der Waals surface area contributed by atoms with E-state index in [1.807, 2.05) is 21.6 Å². The first-order valence-corrected chi connectivity index (χ1v) is 13.3. The Morgan fingerprint density at radius 1 is 0.864 bits per heavy atom. The van der Waals surface area contributed by atoms with Gasteiger partial charge in [0, 0.05) is 21.6 Å². The van der Waals surface area contributed by atoms with Crippen molar-refractivity contribution in [2.24, 2.45) is 22.2 Å². The molecule has 0 bridgehead atoms. The maximum absolute atomic E-state index is 10.7. The van der Waals surface area contributed by atoms with Crippen LogP contribution in [0.15, 0.2) is 31.6 Å². The summed E-state index contributed by atoms with van der Waals surface area (Å²) in [5.74, 6) is 0.681. The zero-order chi connectivity index (χ0) is 16.3. The predicted octanol–water partition coefficient (Wildman–Crippen LogP) is 7.08. The second-order valence-electron chi connectivity index (χ2n) is 4.95. The molecule has 4 atom stereocenters. The molecule has 2 saturated heterocycles. The van der Waals surface area contributed by atoms with Crippen LogP contribution in [0.5, 0.6) is 0 Å². The van der Waals surface area contributed by atoms with Crippen LogP contribution in [0, 0.1) is 21.6 Å². The summed E-state index contributed by atoms with van der Waals surface area (Å²) in [5, 5.41) is 6.14. The lowest BCUT2D eigenvalue weighted by molar-refractivity contribution is 0.793. The third-order valence-corrected chi connectivity index (χ3v) is 14.8. The van der Waals surface area contributed by atoms with Crippen molar-refractivity contribution in [1.82, 2.24) is 0 Å². The summed E-state index contributed by atoms with van der Waals surface area (Å²) in [6.07, 6.45) is 0. The number of allylic oxidation sites excluding steroid dienone is 4. The fraction of sp³-hybridized carbons (Fsp3) is 0.667. The maximum atomic E-state index is 10.7. The summed E-state index contributed by atoms with van der Waals surface area (Å²) in [7, 11) is 10.7. The first-order valence-electron chi connectivity index (χ1n) is 6.56. The van der Waals surface area contributed by atoms with E-state index in [2.05, 4.69) is 24.2 Å². The topological polar surface area (TPSA) is 58.9 Å². The Kier molecular flexibility index (Phi) is 7.60. The smallest absolute Gasteiger partial charge is 0.0924 e. The van der Waals surface area contributed by atoms with Crippen LogP contribution in [0.3, 0.4) is 0 Å². The minimum atomic E-state index is 0.341. The normalized spacial score (nSPS) is 36.4. The Balaban J connectivity index is 1.93. The highest BCUT2D eigenvalue weighted by molar-refractivity contribution is 8.90. The number of nitroso groups, excluding NO2 is 2. The van der Waals surface area contributed by atoms with E-state index in [0.29, 0.717) is 32.4 Å². The Hall–Kier alpha value is 0.780. The lowest BCUT2D eigenvalue weighted by atomic mass is 10.2. The Bertz CT molecular complexity index is 478. The Labute approximate surface area is 154 Å². The lowest BCUT2D eigenvalue weighted by Crippen LogP contribution is -2.08. The van der Waals surface area contributed by atoms with Crippen LogP contribution in [0.2, 0.25) is 0 Å². The molecule has 4 unspecified atom stereocenters. The molecule has 2 fully saturated rings. The number of nitrogens with zero attached hydrogens (tertiary/aromatic N) is 2. The molecule has 0 aromatic carbocycles. The van der Waals surface area contributed by atoms with Gasteiger partial charge in [-0.2, -0.15) is 0 Å². The van der Waals surface area contributed by atoms with Gasteiger partial charge in [-0.3, -0.25) is 0 Å². The van der Waals surface area contributed by atoms with Gasteiger partial charge in [0.2, 0.25) is 0 Å². The van der Waals surface area contributed by atoms with E-state index >= 15 is 0 Å². The predicted molar refractivity (Wildman–Crippen MR) is 108 cm³/mol. The van der Waals surface area contributed by atoms with Gasteiger partial charge in [0.15, 0.2) is 0 Å². The first kappa shape index (κ1) is 19.1. The average Bonchev–Trinajstić information content (AvgIpc) is 3.07. The Morgan fingerprint density at radius 3 is 1.55 bits per heavy atom. The first-order chi connectivity index (χ1) is 10.5. The van der Waals surface area contributed by atoms with Gasteiger partial charge in [0.05, 0.1) is 20.6 Å². The molecule has 10 heteroatoms. The summed E-state index contributed by atoms with van der Waals surface area (Å²) in [6, 6.07) is 0. The van der Waals surface area contributed by atoms with Crippen molar-refractivity contribution in [3.8, 4) is 0 Å². The molecule has 2 rings (SSSR count). The third kappa shape index (κ3) is 4.24. The molecule has 0 aromatic heterocycles. The van der Waals surface area contributed by atoms with Crippen LogP contribution >= 0.6 is 64.8 Å². The minimum Gasteiger partial charge on any atom is -0.145 e. The van der Waals surface area contributed by atoms with Gasteiger partial charge < -0.3 is 0 Å². The van der Waals surface area contributed by atoms with Crippen LogP contribution in [0.4, 0.5) is 0 Å². The van der Waals surface area contributed by atoms with Crippen molar-refractivity contribution in [2.45, 2.75) is 36.9 Å². The van der Waals surface area contributed by atoms with Crippen LogP contribution in [0.1, 0.15) is 27.7 Å². The molecule has 122 valence electrons. The van der Waals surface area contributed by atoms with Crippen molar-refractivity contribution >= 4 is 64.8 Å². The molecular weight excluding hydrogens is 397 g/mol. The average molecular weight is 413 g/mol. The van der Waals surface area contributed by atoms with E-state index in [0.717, 1.165) is 9.81 Å². The quantitative estimate of drug-likeness (QED) is 0.351. The van der Waals surface area contributed by atoms with Crippen molar-refractivity contribution < 1.29 is 0 Å². The standard InChI is InChI=1S/C12H16N2O2S6/c1-5-9(7(3)13-15)17-19-11(5)21-22-12-6(2)10(18-20-12)8(4)14-16/h5-6,11-12H,1-4H3/b9-7-,10-8-. The molecular formula is C12H16N2O2S6. The highest BCUT2D eigenvalue weighted by atomic mass is 33.2. The third-order valence-electron chi connectivity index (χ3n) is 3.34. The molecule has 2 aliphatic rings. The van der Waals surface area contributed by atoms with Gasteiger partial charge >= 0.3 is 0 Å². The summed E-state index contributed by atoms with van der Waals surface area (Å²) in [4.78, 5) is 23.6. The van der Waals surface area contributed by atoms with Gasteiger partial charge in [0.1, 0.15) is 0 Å². The van der Waals surface area contributed by atoms with Gasteiger partial charge in [-0.1, -0.05) is 78.6 Å². The van der Waals surface area contributed by atoms with Crippen LogP contribution in [-0.2, 0) is 0 Å². The number of hydrogen-bond donors (Lipinski definition) is 0. The summed E-state index contributed by atoms with van der Waals surface area (Å²) in [5.41, 5.74) is 1.21. The maximum Gasteiger partial charge on any atom is 0.0924 e. The summed E-state index contributed by atoms with van der Waals surface area (Å²) in [6.45, 7) is 7.87. The molecule has 0 radical (unpaired) electrons. The fourth-order valence-electron chi connectivity index (χ4n) is 1.94. The molecule has 0 aliphatic carbocycles. The highest BCUT2D eigenvalue weighted by Crippen LogP contribution is 2.63. The van der Waals surface area contributed by atoms with E-state index in [-0.39, 0.29) is 0 Å². The van der Waals surface area contributed by atoms with Crippen molar-refractivity contribution in [1.29, 1.82) is 0 Å². The molecule has 22 heavy (non-hydrogen) atoms. The van der Waals surface area contributed by atoms with Crippen molar-refractivity contribution in [2.75, 3.05) is 0 Å². The van der Waals surface area contributed by atoms with Gasteiger partial charge in [-0.05, 0) is 24.2 Å². The molecule has 2 aliphatic heterocycles. The summed E-state index contributed by atoms with van der Waals surface area (Å²) < 4.78 is 0.829. The highest BCUT2D eigenvalue weighted by Gasteiger charge is 2.37. The van der Waals surface area contributed by atoms with E-state index in [1.165, 1.54) is 0 Å². The van der Waals surface area contributed by atoms with Crippen LogP contribution in [0.25, 0.3) is 0 Å². The molecule has 0 aromatic rings. The number of hydrogen-bond acceptors (Lipinski definition) is 10. The van der Waals surface area contributed by atoms with Gasteiger partial charge in [-0.25, -0.2) is 0 Å². The van der Waals surface area contributed by atoms with E-state index in [9.17, 15) is 9.81 Å². The molecule has 0 amide bonds. The molecule has 2 heterocycles. The molecule has 4 nitrogen and oxygen atoms in total. The fourth-order valence-corrected chi connectivity index (χ4v) is 14.6. The van der Waals surface area contributed by atoms with Gasteiger partial charge in [0.25, 0.3) is 0 Å². The van der Waals surface area contributed by atoms with E-state index < -0.39 is 0 Å². The molecule has 0 N–H and O–H groups in total. The summed E-state index contributed by atoms with van der Waals surface area (Å²) >= 11 is 0. The SMILES string of the molecule is C/C(N=O)=C1/SSC(SSC2SS/C(=C(/C)N=O)C2C)C1C. The van der Waals surface area contributed by atoms with Crippen molar-refractivity contribution in [3.05, 3.63) is 31.0 Å². The lowest BCUT2D eigenvalue weighted by Gasteiger charge is -2.17. The zero-order valence-corrected chi connectivity index (χ0v) is 17.4. The minimum absolute atomic E-state index is 0.341. The van der Waals surface area contributed by atoms with E-state index in [1.54, 1.807) is 57.0 Å². The van der Waals surface area contributed by atoms with E-state index in [4.69, 9.17) is 0 Å². The zero-order valence-electron chi connectivity index (χ0n) is 12.5. The van der Waals surface area contributed by atoms with Crippen molar-refractivity contribution in [3.63, 3.8) is 0 Å². The van der Waals surface area contributed by atoms with Crippen LogP contribution < -0.4 is 0 Å². The number of rotatable bonds is 5. The molecule has 0 saturated carbocycles. The second kappa shape index (κ2) is 8.75. The second-order valence-corrected chi connectivity index (χ2v) is 12.9. The van der Waals surface area contributed by atoms with Crippen LogP contribution in [-0.4, -0.2) is 9.16 Å².